The smallest absolute Gasteiger partial charge is 0.129 e. The highest BCUT2D eigenvalue weighted by Gasteiger charge is 2.20. The molecule has 0 saturated heterocycles. The standard InChI is InChI=1S/C15H17ClFNOS/c1-15(2,3)13-8-20-14(18-13)7-12(19)10-6-9(16)4-5-11(10)17/h4-6,8,12,19H,7H2,1-3H3. The lowest BCUT2D eigenvalue weighted by Crippen LogP contribution is -2.12. The van der Waals surface area contributed by atoms with E-state index >= 15 is 0 Å². The number of aliphatic hydroxyl groups is 1. The predicted octanol–water partition coefficient (Wildman–Crippen LogP) is 4.51. The van der Waals surface area contributed by atoms with Gasteiger partial charge in [-0.3, -0.25) is 0 Å². The number of halogens is 2. The average Bonchev–Trinajstić information content (AvgIpc) is 2.80. The van der Waals surface area contributed by atoms with Gasteiger partial charge in [-0.15, -0.1) is 11.3 Å². The molecule has 1 aromatic carbocycles. The summed E-state index contributed by atoms with van der Waals surface area (Å²) in [5, 5.41) is 13.3. The lowest BCUT2D eigenvalue weighted by atomic mass is 9.93. The van der Waals surface area contributed by atoms with Crippen molar-refractivity contribution >= 4 is 22.9 Å². The Kier molecular flexibility index (Phi) is 4.47. The van der Waals surface area contributed by atoms with E-state index < -0.39 is 11.9 Å². The molecule has 5 heteroatoms. The van der Waals surface area contributed by atoms with E-state index in [4.69, 9.17) is 11.6 Å². The molecular formula is C15H17ClFNOS. The molecule has 1 unspecified atom stereocenters. The summed E-state index contributed by atoms with van der Waals surface area (Å²) in [5.41, 5.74) is 1.17. The third-order valence-corrected chi connectivity index (χ3v) is 4.11. The van der Waals surface area contributed by atoms with Crippen LogP contribution in [0.4, 0.5) is 4.39 Å². The molecule has 1 atom stereocenters. The number of nitrogens with zero attached hydrogens (tertiary/aromatic N) is 1. The van der Waals surface area contributed by atoms with Crippen molar-refractivity contribution in [1.82, 2.24) is 4.98 Å². The minimum absolute atomic E-state index is 0.0268. The van der Waals surface area contributed by atoms with Crippen molar-refractivity contribution in [2.24, 2.45) is 0 Å². The van der Waals surface area contributed by atoms with Crippen molar-refractivity contribution in [2.75, 3.05) is 0 Å². The van der Waals surface area contributed by atoms with E-state index in [-0.39, 0.29) is 17.4 Å². The Bertz CT molecular complexity index is 606. The SMILES string of the molecule is CC(C)(C)c1csc(CC(O)c2cc(Cl)ccc2F)n1. The number of hydrogen-bond donors (Lipinski definition) is 1. The molecule has 0 saturated carbocycles. The van der Waals surface area contributed by atoms with Crippen molar-refractivity contribution in [3.63, 3.8) is 0 Å². The van der Waals surface area contributed by atoms with E-state index in [2.05, 4.69) is 25.8 Å². The van der Waals surface area contributed by atoms with Gasteiger partial charge in [0, 0.05) is 27.8 Å². The Hall–Kier alpha value is -0.970. The molecule has 1 aromatic heterocycles. The fourth-order valence-electron chi connectivity index (χ4n) is 1.79. The quantitative estimate of drug-likeness (QED) is 0.904. The minimum atomic E-state index is -0.937. The van der Waals surface area contributed by atoms with E-state index in [9.17, 15) is 9.50 Å². The second kappa shape index (κ2) is 5.80. The van der Waals surface area contributed by atoms with Crippen LogP contribution in [0.5, 0.6) is 0 Å². The molecule has 20 heavy (non-hydrogen) atoms. The third-order valence-electron chi connectivity index (χ3n) is 3.01. The first-order valence-electron chi connectivity index (χ1n) is 6.35. The molecular weight excluding hydrogens is 297 g/mol. The van der Waals surface area contributed by atoms with Crippen LogP contribution in [0.15, 0.2) is 23.6 Å². The van der Waals surface area contributed by atoms with Crippen molar-refractivity contribution in [3.05, 3.63) is 50.7 Å². The van der Waals surface area contributed by atoms with Crippen LogP contribution in [0.25, 0.3) is 0 Å². The first-order valence-corrected chi connectivity index (χ1v) is 7.61. The van der Waals surface area contributed by atoms with Gasteiger partial charge in [0.15, 0.2) is 0 Å². The van der Waals surface area contributed by atoms with Gasteiger partial charge in [0.1, 0.15) is 5.82 Å². The maximum absolute atomic E-state index is 13.7. The number of benzene rings is 1. The van der Waals surface area contributed by atoms with E-state index in [1.165, 1.54) is 29.5 Å². The molecule has 2 nitrogen and oxygen atoms in total. The first-order chi connectivity index (χ1) is 9.27. The molecule has 0 aliphatic rings. The topological polar surface area (TPSA) is 33.1 Å². The summed E-state index contributed by atoms with van der Waals surface area (Å²) < 4.78 is 13.7. The highest BCUT2D eigenvalue weighted by atomic mass is 35.5. The number of thiazole rings is 1. The minimum Gasteiger partial charge on any atom is -0.388 e. The Balaban J connectivity index is 2.17. The largest absolute Gasteiger partial charge is 0.388 e. The highest BCUT2D eigenvalue weighted by Crippen LogP contribution is 2.28. The van der Waals surface area contributed by atoms with Crippen LogP contribution in [0.1, 0.15) is 43.1 Å². The van der Waals surface area contributed by atoms with Gasteiger partial charge in [0.05, 0.1) is 16.8 Å². The van der Waals surface area contributed by atoms with Crippen molar-refractivity contribution in [3.8, 4) is 0 Å². The Labute approximate surface area is 127 Å². The van der Waals surface area contributed by atoms with Crippen molar-refractivity contribution < 1.29 is 9.50 Å². The van der Waals surface area contributed by atoms with Gasteiger partial charge in [-0.1, -0.05) is 32.4 Å². The molecule has 0 aliphatic carbocycles. The van der Waals surface area contributed by atoms with E-state index in [1.807, 2.05) is 5.38 Å². The zero-order valence-corrected chi connectivity index (χ0v) is 13.2. The zero-order chi connectivity index (χ0) is 14.9. The summed E-state index contributed by atoms with van der Waals surface area (Å²) >= 11 is 7.32. The summed E-state index contributed by atoms with van der Waals surface area (Å²) in [7, 11) is 0. The van der Waals surface area contributed by atoms with Gasteiger partial charge in [0.25, 0.3) is 0 Å². The number of rotatable bonds is 3. The normalized spacial score (nSPS) is 13.5. The summed E-state index contributed by atoms with van der Waals surface area (Å²) in [5.74, 6) is -0.450. The lowest BCUT2D eigenvalue weighted by molar-refractivity contribution is 0.173. The molecule has 1 N–H and O–H groups in total. The fourth-order valence-corrected chi connectivity index (χ4v) is 3.03. The highest BCUT2D eigenvalue weighted by molar-refractivity contribution is 7.09. The van der Waals surface area contributed by atoms with Gasteiger partial charge in [0.2, 0.25) is 0 Å². The summed E-state index contributed by atoms with van der Waals surface area (Å²) in [4.78, 5) is 4.50. The van der Waals surface area contributed by atoms with Gasteiger partial charge in [-0.2, -0.15) is 0 Å². The summed E-state index contributed by atoms with van der Waals surface area (Å²) in [6.07, 6.45) is -0.648. The Morgan fingerprint density at radius 3 is 2.70 bits per heavy atom. The van der Waals surface area contributed by atoms with Crippen LogP contribution < -0.4 is 0 Å². The van der Waals surface area contributed by atoms with Crippen LogP contribution in [0.2, 0.25) is 5.02 Å². The van der Waals surface area contributed by atoms with Gasteiger partial charge >= 0.3 is 0 Å². The second-order valence-corrected chi connectivity index (χ2v) is 7.14. The maximum atomic E-state index is 13.7. The van der Waals surface area contributed by atoms with Crippen LogP contribution in [0, 0.1) is 5.82 Å². The van der Waals surface area contributed by atoms with Crippen LogP contribution in [0.3, 0.4) is 0 Å². The second-order valence-electron chi connectivity index (χ2n) is 5.76. The van der Waals surface area contributed by atoms with Crippen LogP contribution in [-0.2, 0) is 11.8 Å². The molecule has 0 bridgehead atoms. The Morgan fingerprint density at radius 2 is 2.10 bits per heavy atom. The van der Waals surface area contributed by atoms with Crippen molar-refractivity contribution in [2.45, 2.75) is 38.7 Å². The number of aromatic nitrogens is 1. The van der Waals surface area contributed by atoms with E-state index in [0.717, 1.165) is 10.7 Å². The molecule has 2 rings (SSSR count). The summed E-state index contributed by atoms with van der Waals surface area (Å²) in [6, 6.07) is 4.19. The van der Waals surface area contributed by atoms with Crippen LogP contribution in [-0.4, -0.2) is 10.1 Å². The fraction of sp³-hybridized carbons (Fsp3) is 0.400. The van der Waals surface area contributed by atoms with Gasteiger partial charge in [-0.25, -0.2) is 9.37 Å². The summed E-state index contributed by atoms with van der Waals surface area (Å²) in [6.45, 7) is 6.25. The van der Waals surface area contributed by atoms with E-state index in [1.54, 1.807) is 0 Å². The third kappa shape index (κ3) is 3.57. The first kappa shape index (κ1) is 15.4. The molecule has 0 aliphatic heterocycles. The van der Waals surface area contributed by atoms with Crippen LogP contribution >= 0.6 is 22.9 Å². The Morgan fingerprint density at radius 1 is 1.40 bits per heavy atom. The molecule has 108 valence electrons. The van der Waals surface area contributed by atoms with E-state index in [0.29, 0.717) is 5.02 Å². The molecule has 1 heterocycles. The maximum Gasteiger partial charge on any atom is 0.129 e. The van der Waals surface area contributed by atoms with Gasteiger partial charge < -0.3 is 5.11 Å². The molecule has 0 radical (unpaired) electrons. The molecule has 0 spiro atoms. The number of hydrogen-bond acceptors (Lipinski definition) is 3. The molecule has 0 amide bonds. The van der Waals surface area contributed by atoms with Gasteiger partial charge in [-0.05, 0) is 18.2 Å². The predicted molar refractivity (Wildman–Crippen MR) is 80.9 cm³/mol. The van der Waals surface area contributed by atoms with Crippen molar-refractivity contribution in [1.29, 1.82) is 0 Å². The molecule has 2 aromatic rings. The average molecular weight is 314 g/mol. The molecule has 0 fully saturated rings. The number of aliphatic hydroxyl groups excluding tert-OH is 1. The lowest BCUT2D eigenvalue weighted by Gasteiger charge is -2.14. The zero-order valence-electron chi connectivity index (χ0n) is 11.7. The monoisotopic (exact) mass is 313 g/mol.